The fourth-order valence-electron chi connectivity index (χ4n) is 3.58. The molecule has 11 heteroatoms. The van der Waals surface area contributed by atoms with Crippen LogP contribution >= 0.6 is 0 Å². The summed E-state index contributed by atoms with van der Waals surface area (Å²) in [5, 5.41) is 13.0. The van der Waals surface area contributed by atoms with E-state index in [0.29, 0.717) is 43.1 Å². The summed E-state index contributed by atoms with van der Waals surface area (Å²) in [5.74, 6) is 0.202. The lowest BCUT2D eigenvalue weighted by atomic mass is 10.2. The molecule has 1 fully saturated rings. The van der Waals surface area contributed by atoms with Gasteiger partial charge in [-0.05, 0) is 24.6 Å². The number of nitriles is 1. The zero-order valence-corrected chi connectivity index (χ0v) is 17.8. The number of carbonyl (C=O) groups is 1. The lowest BCUT2D eigenvalue weighted by molar-refractivity contribution is -0.128. The number of aromatic nitrogens is 4. The molecule has 0 saturated carbocycles. The molecule has 0 radical (unpaired) electrons. The van der Waals surface area contributed by atoms with Crippen molar-refractivity contribution in [2.45, 2.75) is 12.7 Å². The molecule has 0 unspecified atom stereocenters. The van der Waals surface area contributed by atoms with Gasteiger partial charge in [0.15, 0.2) is 9.84 Å². The van der Waals surface area contributed by atoms with Gasteiger partial charge in [0.2, 0.25) is 5.91 Å². The molecule has 1 aliphatic heterocycles. The number of aryl methyl sites for hydroxylation is 1. The van der Waals surface area contributed by atoms with Crippen LogP contribution in [0, 0.1) is 18.3 Å². The second-order valence-corrected chi connectivity index (χ2v) is 9.50. The highest BCUT2D eigenvalue weighted by atomic mass is 32.2. The van der Waals surface area contributed by atoms with Crippen LogP contribution in [-0.4, -0.2) is 70.7 Å². The number of anilines is 1. The Balaban J connectivity index is 1.37. The number of hydrogen-bond acceptors (Lipinski definition) is 8. The third-order valence-electron chi connectivity index (χ3n) is 5.13. The van der Waals surface area contributed by atoms with Crippen LogP contribution in [0.4, 0.5) is 5.82 Å². The summed E-state index contributed by atoms with van der Waals surface area (Å²) in [7, 11) is -3.61. The average Bonchev–Trinajstić information content (AvgIpc) is 3.21. The molecule has 1 saturated heterocycles. The van der Waals surface area contributed by atoms with Gasteiger partial charge in [-0.15, -0.1) is 0 Å². The standard InChI is InChI=1S/C20H21N7O3S/c1-15-10-18(27-20(24-15)22-14-23-27)25-6-8-26(9-7-25)19(28)13-31(29,30)12-17-4-2-16(11-21)3-5-17/h2-5,10,14H,6-9,12-13H2,1H3. The van der Waals surface area contributed by atoms with Crippen LogP contribution in [0.3, 0.4) is 0 Å². The van der Waals surface area contributed by atoms with Crippen molar-refractivity contribution in [2.24, 2.45) is 0 Å². The van der Waals surface area contributed by atoms with Crippen LogP contribution in [0.15, 0.2) is 36.7 Å². The maximum absolute atomic E-state index is 12.6. The van der Waals surface area contributed by atoms with E-state index >= 15 is 0 Å². The monoisotopic (exact) mass is 439 g/mol. The molecule has 31 heavy (non-hydrogen) atoms. The topological polar surface area (TPSA) is 125 Å². The first-order valence-corrected chi connectivity index (χ1v) is 11.6. The first kappa shape index (κ1) is 20.7. The molecule has 1 aromatic carbocycles. The molecule has 0 N–H and O–H groups in total. The SMILES string of the molecule is Cc1cc(N2CCN(C(=O)CS(=O)(=O)Cc3ccc(C#N)cc3)CC2)n2ncnc2n1. The summed E-state index contributed by atoms with van der Waals surface area (Å²) in [4.78, 5) is 24.8. The first-order chi connectivity index (χ1) is 14.8. The van der Waals surface area contributed by atoms with Gasteiger partial charge in [-0.1, -0.05) is 12.1 Å². The molecule has 0 spiro atoms. The summed E-state index contributed by atoms with van der Waals surface area (Å²) in [5.41, 5.74) is 1.84. The summed E-state index contributed by atoms with van der Waals surface area (Å²) in [6, 6.07) is 10.2. The van der Waals surface area contributed by atoms with Gasteiger partial charge in [-0.2, -0.15) is 19.9 Å². The molecular formula is C20H21N7O3S. The Kier molecular flexibility index (Phi) is 5.56. The normalized spacial score (nSPS) is 14.6. The van der Waals surface area contributed by atoms with E-state index in [9.17, 15) is 13.2 Å². The maximum atomic E-state index is 12.6. The number of piperazine rings is 1. The molecule has 1 aliphatic rings. The van der Waals surface area contributed by atoms with Crippen molar-refractivity contribution in [3.05, 3.63) is 53.5 Å². The van der Waals surface area contributed by atoms with Gasteiger partial charge < -0.3 is 9.80 Å². The van der Waals surface area contributed by atoms with E-state index in [1.807, 2.05) is 19.1 Å². The van der Waals surface area contributed by atoms with Gasteiger partial charge in [0.1, 0.15) is 17.9 Å². The van der Waals surface area contributed by atoms with Crippen LogP contribution in [0.2, 0.25) is 0 Å². The molecule has 160 valence electrons. The van der Waals surface area contributed by atoms with Gasteiger partial charge in [-0.3, -0.25) is 4.79 Å². The third-order valence-corrected chi connectivity index (χ3v) is 6.59. The third kappa shape index (κ3) is 4.64. The summed E-state index contributed by atoms with van der Waals surface area (Å²) in [6.07, 6.45) is 1.45. The minimum absolute atomic E-state index is 0.231. The second kappa shape index (κ2) is 8.31. The molecule has 10 nitrogen and oxygen atoms in total. The van der Waals surface area contributed by atoms with E-state index in [-0.39, 0.29) is 5.75 Å². The molecule has 4 rings (SSSR count). The average molecular weight is 440 g/mol. The van der Waals surface area contributed by atoms with E-state index in [0.717, 1.165) is 11.5 Å². The highest BCUT2D eigenvalue weighted by molar-refractivity contribution is 7.91. The highest BCUT2D eigenvalue weighted by Gasteiger charge is 2.27. The molecule has 0 atom stereocenters. The van der Waals surface area contributed by atoms with Crippen molar-refractivity contribution in [1.29, 1.82) is 5.26 Å². The summed E-state index contributed by atoms with van der Waals surface area (Å²) >= 11 is 0. The molecule has 3 heterocycles. The number of nitrogens with zero attached hydrogens (tertiary/aromatic N) is 7. The highest BCUT2D eigenvalue weighted by Crippen LogP contribution is 2.18. The number of carbonyl (C=O) groups excluding carboxylic acids is 1. The Morgan fingerprint density at radius 3 is 2.55 bits per heavy atom. The lowest BCUT2D eigenvalue weighted by Gasteiger charge is -2.36. The lowest BCUT2D eigenvalue weighted by Crippen LogP contribution is -2.50. The van der Waals surface area contributed by atoms with Gasteiger partial charge in [0.25, 0.3) is 5.78 Å². The summed E-state index contributed by atoms with van der Waals surface area (Å²) < 4.78 is 26.7. The fourth-order valence-corrected chi connectivity index (χ4v) is 4.94. The van der Waals surface area contributed by atoms with Crippen molar-refractivity contribution >= 4 is 27.3 Å². The Morgan fingerprint density at radius 1 is 1.16 bits per heavy atom. The van der Waals surface area contributed by atoms with Crippen molar-refractivity contribution < 1.29 is 13.2 Å². The Morgan fingerprint density at radius 2 is 1.87 bits per heavy atom. The molecule has 2 aromatic heterocycles. The van der Waals surface area contributed by atoms with Gasteiger partial charge in [0, 0.05) is 37.9 Å². The largest absolute Gasteiger partial charge is 0.353 e. The number of benzene rings is 1. The van der Waals surface area contributed by atoms with Crippen molar-refractivity contribution in [3.63, 3.8) is 0 Å². The van der Waals surface area contributed by atoms with Crippen LogP contribution in [0.5, 0.6) is 0 Å². The van der Waals surface area contributed by atoms with Crippen LogP contribution in [-0.2, 0) is 20.4 Å². The Labute approximate surface area is 179 Å². The van der Waals surface area contributed by atoms with Crippen molar-refractivity contribution in [3.8, 4) is 6.07 Å². The predicted octanol–water partition coefficient (Wildman–Crippen LogP) is 0.568. The van der Waals surface area contributed by atoms with Crippen LogP contribution in [0.1, 0.15) is 16.8 Å². The maximum Gasteiger partial charge on any atom is 0.254 e. The zero-order valence-electron chi connectivity index (χ0n) is 17.0. The van der Waals surface area contributed by atoms with Crippen molar-refractivity contribution in [2.75, 3.05) is 36.8 Å². The molecular weight excluding hydrogens is 418 g/mol. The Hall–Kier alpha value is -3.52. The van der Waals surface area contributed by atoms with E-state index in [1.165, 1.54) is 6.33 Å². The van der Waals surface area contributed by atoms with E-state index in [2.05, 4.69) is 20.0 Å². The molecule has 3 aromatic rings. The van der Waals surface area contributed by atoms with E-state index in [1.54, 1.807) is 33.7 Å². The second-order valence-electron chi connectivity index (χ2n) is 7.44. The zero-order chi connectivity index (χ0) is 22.0. The van der Waals surface area contributed by atoms with E-state index in [4.69, 9.17) is 5.26 Å². The quantitative estimate of drug-likeness (QED) is 0.565. The number of hydrogen-bond donors (Lipinski definition) is 0. The number of amides is 1. The van der Waals surface area contributed by atoms with Gasteiger partial charge in [-0.25, -0.2) is 13.4 Å². The minimum atomic E-state index is -3.61. The first-order valence-electron chi connectivity index (χ1n) is 9.74. The number of fused-ring (bicyclic) bond motifs is 1. The number of sulfone groups is 1. The molecule has 0 aliphatic carbocycles. The van der Waals surface area contributed by atoms with Crippen LogP contribution < -0.4 is 4.90 Å². The fraction of sp³-hybridized carbons (Fsp3) is 0.350. The van der Waals surface area contributed by atoms with E-state index < -0.39 is 21.5 Å². The molecule has 0 bridgehead atoms. The molecule has 1 amide bonds. The van der Waals surface area contributed by atoms with Gasteiger partial charge in [0.05, 0.1) is 17.4 Å². The Bertz CT molecular complexity index is 1250. The summed E-state index contributed by atoms with van der Waals surface area (Å²) in [6.45, 7) is 3.84. The predicted molar refractivity (Wildman–Crippen MR) is 113 cm³/mol. The van der Waals surface area contributed by atoms with Crippen molar-refractivity contribution in [1.82, 2.24) is 24.5 Å². The minimum Gasteiger partial charge on any atom is -0.353 e. The van der Waals surface area contributed by atoms with Gasteiger partial charge >= 0.3 is 0 Å². The van der Waals surface area contributed by atoms with Crippen LogP contribution in [0.25, 0.3) is 5.78 Å². The smallest absolute Gasteiger partial charge is 0.254 e. The number of rotatable bonds is 5.